The molecule has 0 bridgehead atoms. The van der Waals surface area contributed by atoms with E-state index in [1.54, 1.807) is 6.92 Å². The SMILES string of the molecule is CCCC(C)OCCCC(C)(NC1CC1)C(=O)O. The number of ether oxygens (including phenoxy) is 1. The summed E-state index contributed by atoms with van der Waals surface area (Å²) in [7, 11) is 0. The molecule has 106 valence electrons. The first kappa shape index (κ1) is 15.4. The minimum Gasteiger partial charge on any atom is -0.480 e. The zero-order valence-corrected chi connectivity index (χ0v) is 11.9. The molecule has 0 amide bonds. The van der Waals surface area contributed by atoms with Gasteiger partial charge in [-0.3, -0.25) is 10.1 Å². The highest BCUT2D eigenvalue weighted by Crippen LogP contribution is 2.25. The van der Waals surface area contributed by atoms with Crippen molar-refractivity contribution in [3.63, 3.8) is 0 Å². The zero-order chi connectivity index (χ0) is 13.6. The first-order valence-electron chi connectivity index (χ1n) is 7.10. The van der Waals surface area contributed by atoms with E-state index in [1.807, 2.05) is 0 Å². The Hall–Kier alpha value is -0.610. The van der Waals surface area contributed by atoms with Crippen LogP contribution in [0.15, 0.2) is 0 Å². The second kappa shape index (κ2) is 7.10. The largest absolute Gasteiger partial charge is 0.480 e. The predicted molar refractivity (Wildman–Crippen MR) is 71.8 cm³/mol. The lowest BCUT2D eigenvalue weighted by atomic mass is 9.96. The van der Waals surface area contributed by atoms with E-state index in [0.717, 1.165) is 32.1 Å². The van der Waals surface area contributed by atoms with Crippen molar-refractivity contribution < 1.29 is 14.6 Å². The van der Waals surface area contributed by atoms with Gasteiger partial charge in [-0.05, 0) is 46.0 Å². The van der Waals surface area contributed by atoms with Gasteiger partial charge in [0.1, 0.15) is 5.54 Å². The van der Waals surface area contributed by atoms with Gasteiger partial charge in [-0.25, -0.2) is 0 Å². The highest BCUT2D eigenvalue weighted by molar-refractivity contribution is 5.78. The number of rotatable bonds is 10. The number of carbonyl (C=O) groups is 1. The van der Waals surface area contributed by atoms with Crippen LogP contribution in [0.25, 0.3) is 0 Å². The highest BCUT2D eigenvalue weighted by atomic mass is 16.5. The topological polar surface area (TPSA) is 58.6 Å². The molecule has 4 nitrogen and oxygen atoms in total. The van der Waals surface area contributed by atoms with E-state index < -0.39 is 11.5 Å². The van der Waals surface area contributed by atoms with Gasteiger partial charge in [0.2, 0.25) is 0 Å². The summed E-state index contributed by atoms with van der Waals surface area (Å²) >= 11 is 0. The Morgan fingerprint density at radius 1 is 1.56 bits per heavy atom. The van der Waals surface area contributed by atoms with E-state index in [0.29, 0.717) is 19.1 Å². The van der Waals surface area contributed by atoms with Crippen LogP contribution < -0.4 is 5.32 Å². The monoisotopic (exact) mass is 257 g/mol. The second-order valence-electron chi connectivity index (χ2n) is 5.63. The fraction of sp³-hybridized carbons (Fsp3) is 0.929. The van der Waals surface area contributed by atoms with Gasteiger partial charge in [0.15, 0.2) is 0 Å². The quantitative estimate of drug-likeness (QED) is 0.591. The summed E-state index contributed by atoms with van der Waals surface area (Å²) in [5.74, 6) is -0.754. The van der Waals surface area contributed by atoms with Gasteiger partial charge in [0.25, 0.3) is 0 Å². The molecule has 1 fully saturated rings. The molecule has 0 aromatic heterocycles. The van der Waals surface area contributed by atoms with Gasteiger partial charge in [-0.15, -0.1) is 0 Å². The molecule has 1 rings (SSSR count). The summed E-state index contributed by atoms with van der Waals surface area (Å²) in [6.07, 6.45) is 6.09. The third-order valence-corrected chi connectivity index (χ3v) is 3.49. The molecule has 0 aliphatic heterocycles. The van der Waals surface area contributed by atoms with E-state index in [2.05, 4.69) is 19.2 Å². The van der Waals surface area contributed by atoms with Crippen LogP contribution in [-0.2, 0) is 9.53 Å². The van der Waals surface area contributed by atoms with Crippen molar-refractivity contribution in [1.29, 1.82) is 0 Å². The Morgan fingerprint density at radius 2 is 2.22 bits per heavy atom. The molecule has 0 aromatic carbocycles. The van der Waals surface area contributed by atoms with Gasteiger partial charge in [-0.2, -0.15) is 0 Å². The zero-order valence-electron chi connectivity index (χ0n) is 11.9. The Morgan fingerprint density at radius 3 is 2.72 bits per heavy atom. The molecule has 0 spiro atoms. The summed E-state index contributed by atoms with van der Waals surface area (Å²) in [5.41, 5.74) is -0.793. The van der Waals surface area contributed by atoms with Crippen molar-refractivity contribution in [2.75, 3.05) is 6.61 Å². The minimum absolute atomic E-state index is 0.280. The number of hydrogen-bond acceptors (Lipinski definition) is 3. The van der Waals surface area contributed by atoms with Crippen molar-refractivity contribution in [1.82, 2.24) is 5.32 Å². The summed E-state index contributed by atoms with van der Waals surface area (Å²) < 4.78 is 5.66. The first-order chi connectivity index (χ1) is 8.48. The van der Waals surface area contributed by atoms with E-state index in [4.69, 9.17) is 4.74 Å². The molecule has 0 saturated heterocycles. The molecular weight excluding hydrogens is 230 g/mol. The lowest BCUT2D eigenvalue weighted by molar-refractivity contribution is -0.144. The Balaban J connectivity index is 2.22. The van der Waals surface area contributed by atoms with Crippen LogP contribution in [0.4, 0.5) is 0 Å². The van der Waals surface area contributed by atoms with Crippen LogP contribution in [-0.4, -0.2) is 35.4 Å². The van der Waals surface area contributed by atoms with Crippen LogP contribution in [0, 0.1) is 0 Å². The number of nitrogens with one attached hydrogen (secondary N) is 1. The van der Waals surface area contributed by atoms with Gasteiger partial charge in [0.05, 0.1) is 6.10 Å². The fourth-order valence-electron chi connectivity index (χ4n) is 2.12. The Labute approximate surface area is 110 Å². The molecule has 2 unspecified atom stereocenters. The van der Waals surface area contributed by atoms with Gasteiger partial charge >= 0.3 is 5.97 Å². The molecule has 0 radical (unpaired) electrons. The van der Waals surface area contributed by atoms with Crippen LogP contribution in [0.1, 0.15) is 59.3 Å². The lowest BCUT2D eigenvalue weighted by Crippen LogP contribution is -2.50. The third-order valence-electron chi connectivity index (χ3n) is 3.49. The van der Waals surface area contributed by atoms with Crippen molar-refractivity contribution in [3.8, 4) is 0 Å². The smallest absolute Gasteiger partial charge is 0.323 e. The van der Waals surface area contributed by atoms with Crippen molar-refractivity contribution in [2.45, 2.75) is 77.0 Å². The standard InChI is InChI=1S/C14H27NO3/c1-4-6-11(2)18-10-5-9-14(3,13(16)17)15-12-7-8-12/h11-12,15H,4-10H2,1-3H3,(H,16,17). The highest BCUT2D eigenvalue weighted by Gasteiger charge is 2.37. The average Bonchev–Trinajstić information content (AvgIpc) is 3.08. The number of aliphatic carboxylic acids is 1. The van der Waals surface area contributed by atoms with E-state index in [-0.39, 0.29) is 6.10 Å². The van der Waals surface area contributed by atoms with Gasteiger partial charge < -0.3 is 9.84 Å². The molecule has 0 heterocycles. The number of carboxylic acids is 1. The normalized spacial score (nSPS) is 20.4. The number of hydrogen-bond donors (Lipinski definition) is 2. The van der Waals surface area contributed by atoms with Crippen LogP contribution in [0.3, 0.4) is 0 Å². The molecule has 1 aliphatic rings. The molecule has 4 heteroatoms. The number of carboxylic acid groups (broad SMARTS) is 1. The third kappa shape index (κ3) is 5.36. The predicted octanol–water partition coefficient (Wildman–Crippen LogP) is 2.57. The van der Waals surface area contributed by atoms with Gasteiger partial charge in [-0.1, -0.05) is 13.3 Å². The molecule has 1 aliphatic carbocycles. The molecular formula is C14H27NO3. The van der Waals surface area contributed by atoms with E-state index >= 15 is 0 Å². The maximum atomic E-state index is 11.3. The lowest BCUT2D eigenvalue weighted by Gasteiger charge is -2.26. The van der Waals surface area contributed by atoms with Crippen LogP contribution >= 0.6 is 0 Å². The van der Waals surface area contributed by atoms with Crippen molar-refractivity contribution >= 4 is 5.97 Å². The van der Waals surface area contributed by atoms with Crippen molar-refractivity contribution in [2.24, 2.45) is 0 Å². The van der Waals surface area contributed by atoms with Crippen LogP contribution in [0.2, 0.25) is 0 Å². The minimum atomic E-state index is -0.793. The summed E-state index contributed by atoms with van der Waals surface area (Å²) in [6, 6.07) is 0.408. The first-order valence-corrected chi connectivity index (χ1v) is 7.10. The molecule has 2 atom stereocenters. The summed E-state index contributed by atoms with van der Waals surface area (Å²) in [6.45, 7) is 6.64. The average molecular weight is 257 g/mol. The molecule has 0 aromatic rings. The van der Waals surface area contributed by atoms with Crippen LogP contribution in [0.5, 0.6) is 0 Å². The van der Waals surface area contributed by atoms with E-state index in [1.165, 1.54) is 0 Å². The maximum absolute atomic E-state index is 11.3. The Kier molecular flexibility index (Phi) is 6.09. The summed E-state index contributed by atoms with van der Waals surface area (Å²) in [5, 5.41) is 12.5. The van der Waals surface area contributed by atoms with Gasteiger partial charge in [0, 0.05) is 12.6 Å². The van der Waals surface area contributed by atoms with Crippen molar-refractivity contribution in [3.05, 3.63) is 0 Å². The molecule has 2 N–H and O–H groups in total. The van der Waals surface area contributed by atoms with E-state index in [9.17, 15) is 9.90 Å². The molecule has 1 saturated carbocycles. The maximum Gasteiger partial charge on any atom is 0.323 e. The summed E-state index contributed by atoms with van der Waals surface area (Å²) in [4.78, 5) is 11.3. The molecule has 18 heavy (non-hydrogen) atoms. The Bertz CT molecular complexity index is 266. The fourth-order valence-corrected chi connectivity index (χ4v) is 2.12. The second-order valence-corrected chi connectivity index (χ2v) is 5.63.